The lowest BCUT2D eigenvalue weighted by atomic mass is 10.0. The minimum atomic E-state index is -2.85. The molecule has 34 heavy (non-hydrogen) atoms. The normalized spacial score (nSPS) is 11.4. The number of fused-ring (bicyclic) bond motifs is 1. The second-order valence-corrected chi connectivity index (χ2v) is 7.30. The lowest BCUT2D eigenvalue weighted by Gasteiger charge is -2.12. The monoisotopic (exact) mass is 464 g/mol. The van der Waals surface area contributed by atoms with Crippen molar-refractivity contribution in [2.75, 3.05) is 5.73 Å². The third kappa shape index (κ3) is 3.74. The molecule has 9 nitrogen and oxygen atoms in total. The Bertz CT molecular complexity index is 1550. The van der Waals surface area contributed by atoms with Gasteiger partial charge in [-0.1, -0.05) is 30.3 Å². The molecule has 0 saturated heterocycles. The predicted molar refractivity (Wildman–Crippen MR) is 116 cm³/mol. The predicted octanol–water partition coefficient (Wildman–Crippen LogP) is 3.12. The van der Waals surface area contributed by atoms with Crippen molar-refractivity contribution >= 4 is 11.6 Å². The van der Waals surface area contributed by atoms with E-state index in [2.05, 4.69) is 25.3 Å². The van der Waals surface area contributed by atoms with Gasteiger partial charge in [0.1, 0.15) is 11.5 Å². The zero-order valence-electron chi connectivity index (χ0n) is 17.3. The van der Waals surface area contributed by atoms with Gasteiger partial charge in [0.15, 0.2) is 5.65 Å². The fraction of sp³-hybridized carbons (Fsp3) is 0.0909. The molecular formula is C22H15F3N8O. The quantitative estimate of drug-likeness (QED) is 0.425. The molecule has 0 spiro atoms. The van der Waals surface area contributed by atoms with Crippen molar-refractivity contribution in [3.8, 4) is 22.4 Å². The average Bonchev–Trinajstić information content (AvgIpc) is 3.17. The van der Waals surface area contributed by atoms with Gasteiger partial charge in [0.25, 0.3) is 6.43 Å². The summed E-state index contributed by atoms with van der Waals surface area (Å²) < 4.78 is 42.1. The fourth-order valence-electron chi connectivity index (χ4n) is 3.56. The van der Waals surface area contributed by atoms with Crippen LogP contribution in [0.2, 0.25) is 0 Å². The average molecular weight is 464 g/mol. The number of nitrogens with zero attached hydrogens (tertiary/aromatic N) is 7. The minimum absolute atomic E-state index is 0.0722. The molecule has 0 bridgehead atoms. The van der Waals surface area contributed by atoms with Gasteiger partial charge < -0.3 is 5.73 Å². The van der Waals surface area contributed by atoms with E-state index in [0.29, 0.717) is 17.0 Å². The molecule has 12 heteroatoms. The van der Waals surface area contributed by atoms with Crippen LogP contribution in [0.3, 0.4) is 0 Å². The highest BCUT2D eigenvalue weighted by atomic mass is 19.3. The van der Waals surface area contributed by atoms with E-state index in [9.17, 15) is 18.0 Å². The van der Waals surface area contributed by atoms with E-state index in [1.165, 1.54) is 24.4 Å². The summed E-state index contributed by atoms with van der Waals surface area (Å²) in [5.41, 5.74) is 6.92. The Hall–Kier alpha value is -4.61. The largest absolute Gasteiger partial charge is 0.369 e. The lowest BCUT2D eigenvalue weighted by molar-refractivity contribution is 0.145. The molecule has 0 aliphatic rings. The molecule has 5 aromatic rings. The summed E-state index contributed by atoms with van der Waals surface area (Å²) in [6.07, 6.45) is -0.537. The number of hydrogen-bond donors (Lipinski definition) is 1. The number of benzene rings is 1. The van der Waals surface area contributed by atoms with Crippen LogP contribution in [0.5, 0.6) is 0 Å². The number of nitrogens with two attached hydrogens (primary N) is 1. The number of alkyl halides is 2. The van der Waals surface area contributed by atoms with Crippen molar-refractivity contribution in [2.24, 2.45) is 0 Å². The Morgan fingerprint density at radius 1 is 1.03 bits per heavy atom. The van der Waals surface area contributed by atoms with Crippen LogP contribution in [0.1, 0.15) is 17.8 Å². The van der Waals surface area contributed by atoms with E-state index >= 15 is 0 Å². The third-order valence-corrected chi connectivity index (χ3v) is 5.09. The first-order chi connectivity index (χ1) is 16.4. The van der Waals surface area contributed by atoms with Gasteiger partial charge in [-0.05, 0) is 18.2 Å². The van der Waals surface area contributed by atoms with E-state index in [1.54, 1.807) is 24.3 Å². The van der Waals surface area contributed by atoms with Gasteiger partial charge in [-0.3, -0.25) is 4.98 Å². The molecule has 0 atom stereocenters. The van der Waals surface area contributed by atoms with Gasteiger partial charge in [-0.2, -0.15) is 5.10 Å². The summed E-state index contributed by atoms with van der Waals surface area (Å²) >= 11 is 0. The molecule has 0 aliphatic heterocycles. The van der Waals surface area contributed by atoms with E-state index in [0.717, 1.165) is 15.3 Å². The Morgan fingerprint density at radius 3 is 2.53 bits per heavy atom. The summed E-state index contributed by atoms with van der Waals surface area (Å²) in [6, 6.07) is 12.7. The van der Waals surface area contributed by atoms with Gasteiger partial charge in [0.2, 0.25) is 5.95 Å². The van der Waals surface area contributed by atoms with Crippen LogP contribution in [-0.4, -0.2) is 34.3 Å². The first-order valence-corrected chi connectivity index (χ1v) is 9.98. The first-order valence-electron chi connectivity index (χ1n) is 9.98. The second-order valence-electron chi connectivity index (χ2n) is 7.30. The van der Waals surface area contributed by atoms with Crippen LogP contribution in [0.15, 0.2) is 65.7 Å². The summed E-state index contributed by atoms with van der Waals surface area (Å²) in [5.74, 6) is -0.661. The van der Waals surface area contributed by atoms with Crippen molar-refractivity contribution in [1.82, 2.24) is 34.3 Å². The van der Waals surface area contributed by atoms with E-state index < -0.39 is 23.6 Å². The standard InChI is InChI=1S/C22H15F3N8O/c23-14-6-7-15(27-10-14)11-32-22(34)33-20(31-32)17(13-8-16(19(24)25)30-28-9-13)18(29-21(33)26)12-4-2-1-3-5-12/h1-10,19H,11H2,(H2,26,29). The Balaban J connectivity index is 1.79. The van der Waals surface area contributed by atoms with Crippen LogP contribution in [0.4, 0.5) is 19.1 Å². The molecule has 0 radical (unpaired) electrons. The number of rotatable bonds is 5. The maximum absolute atomic E-state index is 13.4. The summed E-state index contributed by atoms with van der Waals surface area (Å²) in [5, 5.41) is 11.6. The first kappa shape index (κ1) is 21.2. The summed E-state index contributed by atoms with van der Waals surface area (Å²) in [7, 11) is 0. The van der Waals surface area contributed by atoms with Crippen LogP contribution in [0, 0.1) is 5.82 Å². The van der Waals surface area contributed by atoms with Crippen LogP contribution < -0.4 is 11.4 Å². The number of anilines is 1. The molecule has 4 aromatic heterocycles. The zero-order chi connectivity index (χ0) is 23.8. The van der Waals surface area contributed by atoms with Crippen molar-refractivity contribution in [3.63, 3.8) is 0 Å². The summed E-state index contributed by atoms with van der Waals surface area (Å²) in [4.78, 5) is 21.5. The van der Waals surface area contributed by atoms with Gasteiger partial charge in [0, 0.05) is 11.1 Å². The second kappa shape index (κ2) is 8.39. The highest BCUT2D eigenvalue weighted by molar-refractivity contribution is 5.90. The molecule has 0 fully saturated rings. The molecule has 0 saturated carbocycles. The topological polar surface area (TPSA) is 117 Å². The van der Waals surface area contributed by atoms with Gasteiger partial charge >= 0.3 is 5.69 Å². The molecule has 170 valence electrons. The van der Waals surface area contributed by atoms with Crippen LogP contribution in [-0.2, 0) is 6.54 Å². The Labute approximate surface area is 189 Å². The SMILES string of the molecule is Nc1nc(-c2ccccc2)c(-c2cnnc(C(F)F)c2)c2nn(Cc3ccc(F)cn3)c(=O)n12. The van der Waals surface area contributed by atoms with E-state index in [4.69, 9.17) is 5.73 Å². The van der Waals surface area contributed by atoms with Gasteiger partial charge in [0.05, 0.1) is 35.9 Å². The summed E-state index contributed by atoms with van der Waals surface area (Å²) in [6.45, 7) is -0.0722. The minimum Gasteiger partial charge on any atom is -0.369 e. The Morgan fingerprint density at radius 2 is 1.82 bits per heavy atom. The number of pyridine rings is 1. The van der Waals surface area contributed by atoms with Gasteiger partial charge in [-0.15, -0.1) is 10.2 Å². The van der Waals surface area contributed by atoms with Crippen molar-refractivity contribution in [2.45, 2.75) is 13.0 Å². The molecule has 0 amide bonds. The van der Waals surface area contributed by atoms with Crippen molar-refractivity contribution in [1.29, 1.82) is 0 Å². The smallest absolute Gasteiger partial charge is 0.353 e. The zero-order valence-corrected chi connectivity index (χ0v) is 17.3. The third-order valence-electron chi connectivity index (χ3n) is 5.09. The van der Waals surface area contributed by atoms with Gasteiger partial charge in [-0.25, -0.2) is 32.0 Å². The van der Waals surface area contributed by atoms with Crippen molar-refractivity contribution in [3.05, 3.63) is 88.6 Å². The Kier molecular flexibility index (Phi) is 5.24. The number of nitrogen functional groups attached to an aromatic ring is 1. The molecule has 4 heterocycles. The molecule has 0 aliphatic carbocycles. The van der Waals surface area contributed by atoms with Crippen molar-refractivity contribution < 1.29 is 13.2 Å². The number of hydrogen-bond acceptors (Lipinski definition) is 7. The molecule has 0 unspecified atom stereocenters. The number of aromatic nitrogens is 7. The number of halogens is 3. The molecule has 2 N–H and O–H groups in total. The highest BCUT2D eigenvalue weighted by Crippen LogP contribution is 2.34. The molecular weight excluding hydrogens is 449 g/mol. The van der Waals surface area contributed by atoms with E-state index in [-0.39, 0.29) is 29.3 Å². The highest BCUT2D eigenvalue weighted by Gasteiger charge is 2.23. The van der Waals surface area contributed by atoms with Crippen LogP contribution in [0.25, 0.3) is 28.0 Å². The molecule has 1 aromatic carbocycles. The maximum Gasteiger partial charge on any atom is 0.353 e. The lowest BCUT2D eigenvalue weighted by Crippen LogP contribution is -2.24. The van der Waals surface area contributed by atoms with E-state index in [1.807, 2.05) is 6.07 Å². The maximum atomic E-state index is 13.4. The van der Waals surface area contributed by atoms with Crippen LogP contribution >= 0.6 is 0 Å². The molecule has 5 rings (SSSR count). The fourth-order valence-corrected chi connectivity index (χ4v) is 3.56.